The zero-order valence-corrected chi connectivity index (χ0v) is 27.4. The van der Waals surface area contributed by atoms with E-state index in [1.165, 1.54) is 81.0 Å². The average Bonchev–Trinajstić information content (AvgIpc) is 3.73. The van der Waals surface area contributed by atoms with Crippen molar-refractivity contribution in [2.24, 2.45) is 11.8 Å². The van der Waals surface area contributed by atoms with Gasteiger partial charge in [-0.2, -0.15) is 8.78 Å². The second-order valence-corrected chi connectivity index (χ2v) is 13.7. The summed E-state index contributed by atoms with van der Waals surface area (Å²) in [4.78, 5) is -3.73. The van der Waals surface area contributed by atoms with Crippen LogP contribution in [0.4, 0.5) is 26.3 Å². The van der Waals surface area contributed by atoms with Crippen molar-refractivity contribution >= 4 is 15.9 Å². The number of hydrogen-bond acceptors (Lipinski definition) is 0. The molecule has 4 aromatic carbocycles. The van der Waals surface area contributed by atoms with Gasteiger partial charge in [-0.15, -0.1) is 0 Å². The van der Waals surface area contributed by atoms with Crippen molar-refractivity contribution in [1.82, 2.24) is 0 Å². The lowest BCUT2D eigenvalue weighted by molar-refractivity contribution is 0.105. The van der Waals surface area contributed by atoms with Crippen molar-refractivity contribution in [3.05, 3.63) is 119 Å². The van der Waals surface area contributed by atoms with Gasteiger partial charge < -0.3 is 0 Å². The van der Waals surface area contributed by atoms with Crippen LogP contribution in [0.15, 0.2) is 78.9 Å². The first-order valence-electron chi connectivity index (χ1n) is 16.3. The normalized spacial score (nSPS) is 15.6. The molecule has 2 aliphatic carbocycles. The van der Waals surface area contributed by atoms with Crippen molar-refractivity contribution < 1.29 is 26.3 Å². The fraction of sp³-hybridized carbons (Fsp3) is 0.385. The van der Waals surface area contributed by atoms with Gasteiger partial charge in [-0.3, -0.25) is 0 Å². The summed E-state index contributed by atoms with van der Waals surface area (Å²) in [6.45, 7) is 0. The molecule has 6 rings (SSSR count). The molecule has 2 fully saturated rings. The molecule has 2 aliphatic rings. The van der Waals surface area contributed by atoms with Gasteiger partial charge in [0.25, 0.3) is 0 Å². The molecule has 0 heterocycles. The minimum absolute atomic E-state index is 0.248. The SMILES string of the molecule is Fc1cc(-c2ccc(CCC3CCCC3)cc2)cc(F)c1C(F)(F)Br.Fc1cc(F)cc(-c2ccc(CCC3CCCC3)cc2)c1. The molecule has 0 amide bonds. The second kappa shape index (κ2) is 15.7. The van der Waals surface area contributed by atoms with Crippen LogP contribution in [0.1, 0.15) is 80.9 Å². The minimum Gasteiger partial charge on any atom is -0.207 e. The molecular weight excluding hydrogens is 662 g/mol. The van der Waals surface area contributed by atoms with Crippen LogP contribution < -0.4 is 0 Å². The van der Waals surface area contributed by atoms with Crippen molar-refractivity contribution in [1.29, 1.82) is 0 Å². The van der Waals surface area contributed by atoms with Crippen molar-refractivity contribution in [2.75, 3.05) is 0 Å². The fourth-order valence-corrected chi connectivity index (χ4v) is 7.18. The van der Waals surface area contributed by atoms with E-state index in [0.29, 0.717) is 11.1 Å². The van der Waals surface area contributed by atoms with Crippen LogP contribution >= 0.6 is 15.9 Å². The van der Waals surface area contributed by atoms with E-state index in [9.17, 15) is 26.3 Å². The minimum atomic E-state index is -3.73. The van der Waals surface area contributed by atoms with Gasteiger partial charge in [0.15, 0.2) is 0 Å². The molecule has 0 saturated heterocycles. The Morgan fingerprint density at radius 2 is 0.891 bits per heavy atom. The molecule has 7 heteroatoms. The number of halogens is 7. The molecule has 0 N–H and O–H groups in total. The number of rotatable bonds is 9. The number of hydrogen-bond donors (Lipinski definition) is 0. The van der Waals surface area contributed by atoms with Gasteiger partial charge in [-0.25, -0.2) is 17.6 Å². The van der Waals surface area contributed by atoms with Crippen LogP contribution in [-0.2, 0) is 17.7 Å². The molecular formula is C39H39BrF6. The van der Waals surface area contributed by atoms with Crippen LogP contribution in [0.25, 0.3) is 22.3 Å². The zero-order valence-electron chi connectivity index (χ0n) is 25.8. The Hall–Kier alpha value is -3.06. The van der Waals surface area contributed by atoms with E-state index in [4.69, 9.17) is 0 Å². The summed E-state index contributed by atoms with van der Waals surface area (Å²) in [5.41, 5.74) is 3.53. The maximum Gasteiger partial charge on any atom is 0.332 e. The Kier molecular flexibility index (Phi) is 11.7. The first kappa shape index (κ1) is 34.3. The van der Waals surface area contributed by atoms with E-state index in [2.05, 4.69) is 12.1 Å². The van der Waals surface area contributed by atoms with Gasteiger partial charge >= 0.3 is 4.83 Å². The van der Waals surface area contributed by atoms with E-state index in [1.54, 1.807) is 12.1 Å². The Morgan fingerprint density at radius 1 is 0.522 bits per heavy atom. The number of aryl methyl sites for hydroxylation is 2. The van der Waals surface area contributed by atoms with Crippen LogP contribution in [0, 0.1) is 35.1 Å². The Bertz CT molecular complexity index is 1520. The van der Waals surface area contributed by atoms with Crippen LogP contribution in [0.2, 0.25) is 0 Å². The molecule has 0 bridgehead atoms. The van der Waals surface area contributed by atoms with Gasteiger partial charge in [0.1, 0.15) is 28.8 Å². The lowest BCUT2D eigenvalue weighted by Crippen LogP contribution is -2.09. The van der Waals surface area contributed by atoms with E-state index in [1.807, 2.05) is 40.2 Å². The first-order valence-corrected chi connectivity index (χ1v) is 17.1. The third-order valence-electron chi connectivity index (χ3n) is 9.39. The summed E-state index contributed by atoms with van der Waals surface area (Å²) in [5, 5.41) is 0. The third-order valence-corrected chi connectivity index (χ3v) is 9.79. The number of benzene rings is 4. The van der Waals surface area contributed by atoms with E-state index in [0.717, 1.165) is 54.9 Å². The van der Waals surface area contributed by atoms with Gasteiger partial charge in [-0.1, -0.05) is 99.9 Å². The molecule has 244 valence electrons. The second-order valence-electron chi connectivity index (χ2n) is 12.7. The standard InChI is InChI=1S/C20H19BrF4.C19H20F2/c21-20(24,25)19-17(22)11-16(12-18(19)23)15-9-7-14(8-10-15)6-5-13-3-1-2-4-13;20-18-11-17(12-19(21)13-18)16-9-7-15(8-10-16)6-5-14-3-1-2-4-14/h7-13H,1-6H2;7-14H,1-6H2. The molecule has 0 aromatic heterocycles. The highest BCUT2D eigenvalue weighted by molar-refractivity contribution is 9.09. The molecule has 4 aromatic rings. The van der Waals surface area contributed by atoms with Crippen molar-refractivity contribution in [3.63, 3.8) is 0 Å². The molecule has 0 nitrogen and oxygen atoms in total. The maximum absolute atomic E-state index is 13.9. The summed E-state index contributed by atoms with van der Waals surface area (Å²) in [6, 6.07) is 21.0. The summed E-state index contributed by atoms with van der Waals surface area (Å²) in [7, 11) is 0. The topological polar surface area (TPSA) is 0 Å². The molecule has 0 atom stereocenters. The van der Waals surface area contributed by atoms with Gasteiger partial charge in [0.05, 0.1) is 0 Å². The Balaban J connectivity index is 0.000000184. The highest BCUT2D eigenvalue weighted by atomic mass is 79.9. The molecule has 0 aliphatic heterocycles. The quantitative estimate of drug-likeness (QED) is 0.120. The molecule has 0 radical (unpaired) electrons. The number of alkyl halides is 3. The molecule has 0 unspecified atom stereocenters. The predicted molar refractivity (Wildman–Crippen MR) is 177 cm³/mol. The first-order chi connectivity index (χ1) is 22.0. The molecule has 46 heavy (non-hydrogen) atoms. The lowest BCUT2D eigenvalue weighted by Gasteiger charge is -2.13. The van der Waals surface area contributed by atoms with E-state index < -0.39 is 33.7 Å². The van der Waals surface area contributed by atoms with Gasteiger partial charge in [0.2, 0.25) is 0 Å². The van der Waals surface area contributed by atoms with Crippen LogP contribution in [0.5, 0.6) is 0 Å². The monoisotopic (exact) mass is 700 g/mol. The smallest absolute Gasteiger partial charge is 0.207 e. The zero-order chi connectivity index (χ0) is 32.7. The Morgan fingerprint density at radius 3 is 1.26 bits per heavy atom. The van der Waals surface area contributed by atoms with E-state index in [-0.39, 0.29) is 5.56 Å². The summed E-state index contributed by atoms with van der Waals surface area (Å²) >= 11 is 2.01. The highest BCUT2D eigenvalue weighted by Crippen LogP contribution is 2.39. The molecule has 2 saturated carbocycles. The summed E-state index contributed by atoms with van der Waals surface area (Å²) in [5.74, 6) is -1.89. The van der Waals surface area contributed by atoms with Crippen LogP contribution in [-0.4, -0.2) is 0 Å². The fourth-order valence-electron chi connectivity index (χ4n) is 6.80. The van der Waals surface area contributed by atoms with Crippen molar-refractivity contribution in [3.8, 4) is 22.3 Å². The summed E-state index contributed by atoms with van der Waals surface area (Å²) < 4.78 is 80.7. The Labute approximate surface area is 276 Å². The largest absolute Gasteiger partial charge is 0.332 e. The maximum atomic E-state index is 13.9. The van der Waals surface area contributed by atoms with Crippen LogP contribution in [0.3, 0.4) is 0 Å². The van der Waals surface area contributed by atoms with Crippen molar-refractivity contribution in [2.45, 2.75) is 81.9 Å². The lowest BCUT2D eigenvalue weighted by atomic mass is 9.96. The summed E-state index contributed by atoms with van der Waals surface area (Å²) in [6.07, 6.45) is 15.3. The van der Waals surface area contributed by atoms with Gasteiger partial charge in [-0.05, 0) is 111 Å². The van der Waals surface area contributed by atoms with Gasteiger partial charge in [0, 0.05) is 6.07 Å². The average molecular weight is 702 g/mol. The highest BCUT2D eigenvalue weighted by Gasteiger charge is 2.35. The molecule has 0 spiro atoms. The van der Waals surface area contributed by atoms with E-state index >= 15 is 0 Å². The predicted octanol–water partition coefficient (Wildman–Crippen LogP) is 13.0. The third kappa shape index (κ3) is 9.49.